The summed E-state index contributed by atoms with van der Waals surface area (Å²) in [5.74, 6) is 0. The van der Waals surface area contributed by atoms with Crippen molar-refractivity contribution < 1.29 is 9.47 Å². The Balaban J connectivity index is 2.58. The summed E-state index contributed by atoms with van der Waals surface area (Å²) in [4.78, 5) is 0. The molecule has 0 aliphatic heterocycles. The average Bonchev–Trinajstić information content (AvgIpc) is 2.29. The van der Waals surface area contributed by atoms with Crippen molar-refractivity contribution in [2.24, 2.45) is 0 Å². The lowest BCUT2D eigenvalue weighted by molar-refractivity contribution is -0.126. The number of aryl methyl sites for hydroxylation is 2. The van der Waals surface area contributed by atoms with Crippen LogP contribution in [0.4, 0.5) is 5.69 Å². The van der Waals surface area contributed by atoms with Crippen LogP contribution in [-0.2, 0) is 9.47 Å². The van der Waals surface area contributed by atoms with Gasteiger partial charge < -0.3 is 14.8 Å². The first-order valence-corrected chi connectivity index (χ1v) is 6.22. The maximum Gasteiger partial charge on any atom is 0.174 e. The largest absolute Gasteiger partial charge is 0.380 e. The van der Waals surface area contributed by atoms with E-state index in [0.29, 0.717) is 19.8 Å². The smallest absolute Gasteiger partial charge is 0.174 e. The molecule has 0 aliphatic carbocycles. The Bertz CT molecular complexity index is 313. The number of hydrogen-bond acceptors (Lipinski definition) is 3. The summed E-state index contributed by atoms with van der Waals surface area (Å²) >= 11 is 0. The predicted molar refractivity (Wildman–Crippen MR) is 71.4 cm³/mol. The second-order valence-corrected chi connectivity index (χ2v) is 3.99. The molecule has 3 heteroatoms. The summed E-state index contributed by atoms with van der Waals surface area (Å²) < 4.78 is 11.0. The Morgan fingerprint density at radius 1 is 1.06 bits per heavy atom. The molecule has 0 saturated heterocycles. The van der Waals surface area contributed by atoms with Gasteiger partial charge in [0.15, 0.2) is 6.29 Å². The van der Waals surface area contributed by atoms with Gasteiger partial charge in [-0.05, 0) is 38.8 Å². The third kappa shape index (κ3) is 4.36. The Morgan fingerprint density at radius 3 is 2.06 bits per heavy atom. The fraction of sp³-hybridized carbons (Fsp3) is 0.571. The number of anilines is 1. The Hall–Kier alpha value is -1.06. The highest BCUT2D eigenvalue weighted by atomic mass is 16.7. The van der Waals surface area contributed by atoms with Crippen LogP contribution in [0, 0.1) is 13.8 Å². The van der Waals surface area contributed by atoms with Crippen molar-refractivity contribution in [1.82, 2.24) is 0 Å². The molecule has 1 rings (SSSR count). The van der Waals surface area contributed by atoms with Gasteiger partial charge >= 0.3 is 0 Å². The van der Waals surface area contributed by atoms with Crippen LogP contribution in [0.15, 0.2) is 18.2 Å². The third-order valence-electron chi connectivity index (χ3n) is 2.63. The van der Waals surface area contributed by atoms with Gasteiger partial charge in [-0.1, -0.05) is 18.2 Å². The van der Waals surface area contributed by atoms with Gasteiger partial charge in [-0.3, -0.25) is 0 Å². The number of para-hydroxylation sites is 1. The van der Waals surface area contributed by atoms with E-state index in [-0.39, 0.29) is 6.29 Å². The summed E-state index contributed by atoms with van der Waals surface area (Å²) in [5, 5.41) is 3.40. The Morgan fingerprint density at radius 2 is 1.59 bits per heavy atom. The third-order valence-corrected chi connectivity index (χ3v) is 2.63. The van der Waals surface area contributed by atoms with Gasteiger partial charge in [0.1, 0.15) is 0 Å². The maximum absolute atomic E-state index is 5.50. The zero-order valence-electron chi connectivity index (χ0n) is 11.2. The lowest BCUT2D eigenvalue weighted by atomic mass is 10.1. The monoisotopic (exact) mass is 237 g/mol. The van der Waals surface area contributed by atoms with Crippen molar-refractivity contribution in [3.63, 3.8) is 0 Å². The molecule has 0 radical (unpaired) electrons. The summed E-state index contributed by atoms with van der Waals surface area (Å²) in [5.41, 5.74) is 3.67. The number of benzene rings is 1. The SMILES string of the molecule is CCOC(CNc1c(C)cccc1C)OCC. The van der Waals surface area contributed by atoms with E-state index in [1.54, 1.807) is 0 Å². The van der Waals surface area contributed by atoms with Gasteiger partial charge in [-0.25, -0.2) is 0 Å². The molecule has 0 bridgehead atoms. The fourth-order valence-corrected chi connectivity index (χ4v) is 1.82. The van der Waals surface area contributed by atoms with Gasteiger partial charge in [-0.2, -0.15) is 0 Å². The van der Waals surface area contributed by atoms with E-state index in [0.717, 1.165) is 0 Å². The van der Waals surface area contributed by atoms with Gasteiger partial charge in [0, 0.05) is 18.9 Å². The van der Waals surface area contributed by atoms with Gasteiger partial charge in [0.25, 0.3) is 0 Å². The molecule has 0 aliphatic rings. The van der Waals surface area contributed by atoms with E-state index >= 15 is 0 Å². The zero-order chi connectivity index (χ0) is 12.7. The molecular formula is C14H23NO2. The molecule has 0 atom stereocenters. The van der Waals surface area contributed by atoms with E-state index in [1.165, 1.54) is 16.8 Å². The average molecular weight is 237 g/mol. The van der Waals surface area contributed by atoms with Crippen molar-refractivity contribution in [1.29, 1.82) is 0 Å². The maximum atomic E-state index is 5.50. The van der Waals surface area contributed by atoms with Crippen LogP contribution in [0.25, 0.3) is 0 Å². The standard InChI is InChI=1S/C14H23NO2/c1-5-16-13(17-6-2)10-15-14-11(3)8-7-9-12(14)4/h7-9,13,15H,5-6,10H2,1-4H3. The van der Waals surface area contributed by atoms with Crippen LogP contribution in [-0.4, -0.2) is 26.0 Å². The molecule has 96 valence electrons. The quantitative estimate of drug-likeness (QED) is 0.739. The van der Waals surface area contributed by atoms with Crippen LogP contribution < -0.4 is 5.32 Å². The molecule has 1 aromatic carbocycles. The second kappa shape index (κ2) is 7.30. The molecular weight excluding hydrogens is 214 g/mol. The van der Waals surface area contributed by atoms with E-state index in [9.17, 15) is 0 Å². The van der Waals surface area contributed by atoms with Crippen molar-refractivity contribution in [3.8, 4) is 0 Å². The van der Waals surface area contributed by atoms with E-state index in [4.69, 9.17) is 9.47 Å². The van der Waals surface area contributed by atoms with Crippen molar-refractivity contribution in [2.75, 3.05) is 25.1 Å². The lowest BCUT2D eigenvalue weighted by Gasteiger charge is -2.19. The topological polar surface area (TPSA) is 30.5 Å². The highest BCUT2D eigenvalue weighted by Crippen LogP contribution is 2.19. The molecule has 3 nitrogen and oxygen atoms in total. The molecule has 0 saturated carbocycles. The lowest BCUT2D eigenvalue weighted by Crippen LogP contribution is -2.26. The number of rotatable bonds is 7. The summed E-state index contributed by atoms with van der Waals surface area (Å²) in [6.45, 7) is 10.2. The fourth-order valence-electron chi connectivity index (χ4n) is 1.82. The van der Waals surface area contributed by atoms with Gasteiger partial charge in [-0.15, -0.1) is 0 Å². The normalized spacial score (nSPS) is 10.9. The minimum atomic E-state index is -0.177. The first kappa shape index (κ1) is 14.0. The predicted octanol–water partition coefficient (Wildman–Crippen LogP) is 3.11. The summed E-state index contributed by atoms with van der Waals surface area (Å²) in [7, 11) is 0. The highest BCUT2D eigenvalue weighted by Gasteiger charge is 2.09. The van der Waals surface area contributed by atoms with Crippen LogP contribution in [0.5, 0.6) is 0 Å². The summed E-state index contributed by atoms with van der Waals surface area (Å²) in [6, 6.07) is 6.27. The molecule has 0 unspecified atom stereocenters. The van der Waals surface area contributed by atoms with Gasteiger partial charge in [0.05, 0.1) is 6.54 Å². The first-order valence-electron chi connectivity index (χ1n) is 6.22. The molecule has 0 spiro atoms. The van der Waals surface area contributed by atoms with Crippen molar-refractivity contribution in [2.45, 2.75) is 34.0 Å². The zero-order valence-corrected chi connectivity index (χ0v) is 11.2. The van der Waals surface area contributed by atoms with E-state index < -0.39 is 0 Å². The minimum Gasteiger partial charge on any atom is -0.380 e. The van der Waals surface area contributed by atoms with E-state index in [1.807, 2.05) is 13.8 Å². The first-order chi connectivity index (χ1) is 8.19. The molecule has 1 aromatic rings. The van der Waals surface area contributed by atoms with Gasteiger partial charge in [0.2, 0.25) is 0 Å². The number of nitrogens with one attached hydrogen (secondary N) is 1. The molecule has 0 fully saturated rings. The number of ether oxygens (including phenoxy) is 2. The second-order valence-electron chi connectivity index (χ2n) is 3.99. The summed E-state index contributed by atoms with van der Waals surface area (Å²) in [6.07, 6.45) is -0.177. The van der Waals surface area contributed by atoms with E-state index in [2.05, 4.69) is 37.4 Å². The van der Waals surface area contributed by atoms with Crippen LogP contribution in [0.1, 0.15) is 25.0 Å². The molecule has 0 aromatic heterocycles. The molecule has 0 heterocycles. The Labute approximate surface area is 104 Å². The Kier molecular flexibility index (Phi) is 6.01. The van der Waals surface area contributed by atoms with Crippen LogP contribution in [0.3, 0.4) is 0 Å². The molecule has 0 amide bonds. The highest BCUT2D eigenvalue weighted by molar-refractivity contribution is 5.56. The number of hydrogen-bond donors (Lipinski definition) is 1. The van der Waals surface area contributed by atoms with Crippen LogP contribution >= 0.6 is 0 Å². The molecule has 17 heavy (non-hydrogen) atoms. The van der Waals surface area contributed by atoms with Crippen LogP contribution in [0.2, 0.25) is 0 Å². The minimum absolute atomic E-state index is 0.177. The van der Waals surface area contributed by atoms with Crippen molar-refractivity contribution >= 4 is 5.69 Å². The van der Waals surface area contributed by atoms with Crippen molar-refractivity contribution in [3.05, 3.63) is 29.3 Å². The molecule has 1 N–H and O–H groups in total.